The fraction of sp³-hybridized carbons (Fsp3) is 0.391. The molecule has 0 bridgehead atoms. The van der Waals surface area contributed by atoms with Gasteiger partial charge < -0.3 is 9.32 Å². The maximum absolute atomic E-state index is 12.9. The molecule has 28 heavy (non-hydrogen) atoms. The van der Waals surface area contributed by atoms with E-state index in [1.54, 1.807) is 10.6 Å². The Balaban J connectivity index is 1.45. The second-order valence-electron chi connectivity index (χ2n) is 7.89. The molecule has 1 aliphatic rings. The molecule has 0 radical (unpaired) electrons. The van der Waals surface area contributed by atoms with Gasteiger partial charge in [0.1, 0.15) is 0 Å². The molecule has 5 nitrogen and oxygen atoms in total. The summed E-state index contributed by atoms with van der Waals surface area (Å²) in [6.07, 6.45) is 2.42. The van der Waals surface area contributed by atoms with Crippen molar-refractivity contribution < 1.29 is 9.21 Å². The van der Waals surface area contributed by atoms with Crippen molar-refractivity contribution in [2.75, 3.05) is 0 Å². The van der Waals surface area contributed by atoms with Crippen LogP contribution < -0.4 is 5.76 Å². The number of carbonyl (C=O) groups is 1. The van der Waals surface area contributed by atoms with E-state index in [1.807, 2.05) is 23.1 Å². The highest BCUT2D eigenvalue weighted by Gasteiger charge is 2.32. The van der Waals surface area contributed by atoms with Gasteiger partial charge in [0.15, 0.2) is 5.58 Å². The van der Waals surface area contributed by atoms with Gasteiger partial charge in [0.2, 0.25) is 5.91 Å². The Morgan fingerprint density at radius 2 is 1.86 bits per heavy atom. The Hall–Kier alpha value is -2.82. The third kappa shape index (κ3) is 3.88. The average Bonchev–Trinajstić information content (AvgIpc) is 3.47. The van der Waals surface area contributed by atoms with E-state index in [0.717, 1.165) is 23.9 Å². The molecule has 3 aromatic rings. The Bertz CT molecular complexity index is 1030. The van der Waals surface area contributed by atoms with E-state index >= 15 is 0 Å². The SMILES string of the molecule is CC(C)c1ccc(CN(C(=O)CCn2c(=O)oc3ccccc32)C2CC2)cc1. The highest BCUT2D eigenvalue weighted by Crippen LogP contribution is 2.29. The molecule has 5 heteroatoms. The highest BCUT2D eigenvalue weighted by atomic mass is 16.4. The van der Waals surface area contributed by atoms with Crippen LogP contribution in [0.15, 0.2) is 57.7 Å². The van der Waals surface area contributed by atoms with Crippen molar-refractivity contribution >= 4 is 17.0 Å². The van der Waals surface area contributed by atoms with Crippen LogP contribution >= 0.6 is 0 Å². The summed E-state index contributed by atoms with van der Waals surface area (Å²) < 4.78 is 6.81. The quantitative estimate of drug-likeness (QED) is 0.616. The molecule has 0 N–H and O–H groups in total. The average molecular weight is 378 g/mol. The van der Waals surface area contributed by atoms with Crippen LogP contribution in [0.4, 0.5) is 0 Å². The van der Waals surface area contributed by atoms with Crippen LogP contribution in [-0.4, -0.2) is 21.4 Å². The number of hydrogen-bond acceptors (Lipinski definition) is 3. The van der Waals surface area contributed by atoms with Gasteiger partial charge in [-0.15, -0.1) is 0 Å². The van der Waals surface area contributed by atoms with E-state index < -0.39 is 5.76 Å². The number of oxazole rings is 1. The summed E-state index contributed by atoms with van der Waals surface area (Å²) in [6, 6.07) is 16.2. The number of amides is 1. The summed E-state index contributed by atoms with van der Waals surface area (Å²) in [5.74, 6) is 0.183. The molecular formula is C23H26N2O3. The monoisotopic (exact) mass is 378 g/mol. The van der Waals surface area contributed by atoms with Crippen molar-refractivity contribution in [3.63, 3.8) is 0 Å². The molecule has 1 fully saturated rings. The molecule has 0 spiro atoms. The molecule has 1 heterocycles. The third-order valence-electron chi connectivity index (χ3n) is 5.43. The summed E-state index contributed by atoms with van der Waals surface area (Å²) in [5.41, 5.74) is 3.75. The number of rotatable bonds is 7. The van der Waals surface area contributed by atoms with Gasteiger partial charge in [0, 0.05) is 25.6 Å². The number of fused-ring (bicyclic) bond motifs is 1. The minimum Gasteiger partial charge on any atom is -0.408 e. The molecule has 0 unspecified atom stereocenters. The normalized spacial score (nSPS) is 14.0. The van der Waals surface area contributed by atoms with Crippen molar-refractivity contribution in [3.8, 4) is 0 Å². The summed E-state index contributed by atoms with van der Waals surface area (Å²) >= 11 is 0. The molecule has 0 saturated heterocycles. The first kappa shape index (κ1) is 18.5. The van der Waals surface area contributed by atoms with Gasteiger partial charge in [0.05, 0.1) is 5.52 Å². The van der Waals surface area contributed by atoms with E-state index in [9.17, 15) is 9.59 Å². The Labute approximate surface area is 164 Å². The zero-order chi connectivity index (χ0) is 19.7. The lowest BCUT2D eigenvalue weighted by Crippen LogP contribution is -2.33. The number of aryl methyl sites for hydroxylation is 1. The largest absolute Gasteiger partial charge is 0.419 e. The van der Waals surface area contributed by atoms with Crippen molar-refractivity contribution in [1.82, 2.24) is 9.47 Å². The fourth-order valence-corrected chi connectivity index (χ4v) is 3.59. The topological polar surface area (TPSA) is 55.5 Å². The highest BCUT2D eigenvalue weighted by molar-refractivity contribution is 5.77. The van der Waals surface area contributed by atoms with Crippen molar-refractivity contribution in [2.45, 2.75) is 58.2 Å². The number of hydrogen-bond donors (Lipinski definition) is 0. The van der Waals surface area contributed by atoms with Crippen LogP contribution in [0.5, 0.6) is 0 Å². The van der Waals surface area contributed by atoms with Crippen molar-refractivity contribution in [2.24, 2.45) is 0 Å². The number of aromatic nitrogens is 1. The molecular weight excluding hydrogens is 352 g/mol. The molecule has 1 aromatic heterocycles. The van der Waals surface area contributed by atoms with Crippen LogP contribution in [0, 0.1) is 0 Å². The fourth-order valence-electron chi connectivity index (χ4n) is 3.59. The standard InChI is InChI=1S/C23H26N2O3/c1-16(2)18-9-7-17(8-10-18)15-25(19-11-12-19)22(26)13-14-24-20-5-3-4-6-21(20)28-23(24)27/h3-10,16,19H,11-15H2,1-2H3. The van der Waals surface area contributed by atoms with Crippen LogP contribution in [-0.2, 0) is 17.9 Å². The first-order valence-electron chi connectivity index (χ1n) is 9.99. The van der Waals surface area contributed by atoms with Crippen molar-refractivity contribution in [1.29, 1.82) is 0 Å². The molecule has 1 aliphatic carbocycles. The van der Waals surface area contributed by atoms with E-state index in [0.29, 0.717) is 37.1 Å². The first-order valence-corrected chi connectivity index (χ1v) is 9.99. The third-order valence-corrected chi connectivity index (χ3v) is 5.43. The second-order valence-corrected chi connectivity index (χ2v) is 7.89. The first-order chi connectivity index (χ1) is 13.5. The van der Waals surface area contributed by atoms with Gasteiger partial charge in [0.25, 0.3) is 0 Å². The van der Waals surface area contributed by atoms with Crippen LogP contribution in [0.3, 0.4) is 0 Å². The summed E-state index contributed by atoms with van der Waals surface area (Å²) in [4.78, 5) is 27.0. The number of para-hydroxylation sites is 2. The minimum absolute atomic E-state index is 0.0904. The maximum atomic E-state index is 12.9. The van der Waals surface area contributed by atoms with E-state index in [2.05, 4.69) is 38.1 Å². The van der Waals surface area contributed by atoms with Gasteiger partial charge >= 0.3 is 5.76 Å². The Morgan fingerprint density at radius 1 is 1.14 bits per heavy atom. The predicted molar refractivity (Wildman–Crippen MR) is 109 cm³/mol. The van der Waals surface area contributed by atoms with Crippen molar-refractivity contribution in [3.05, 3.63) is 70.2 Å². The molecule has 146 valence electrons. The molecule has 2 aromatic carbocycles. The van der Waals surface area contributed by atoms with Crippen LogP contribution in [0.25, 0.3) is 11.1 Å². The van der Waals surface area contributed by atoms with E-state index in [1.165, 1.54) is 5.56 Å². The second kappa shape index (κ2) is 7.66. The lowest BCUT2D eigenvalue weighted by atomic mass is 10.0. The van der Waals surface area contributed by atoms with Gasteiger partial charge in [-0.05, 0) is 42.0 Å². The van der Waals surface area contributed by atoms with Crippen LogP contribution in [0.1, 0.15) is 50.2 Å². The number of carbonyl (C=O) groups excluding carboxylic acids is 1. The molecule has 0 aliphatic heterocycles. The molecule has 4 rings (SSSR count). The summed E-state index contributed by atoms with van der Waals surface area (Å²) in [5, 5.41) is 0. The lowest BCUT2D eigenvalue weighted by molar-refractivity contribution is -0.132. The smallest absolute Gasteiger partial charge is 0.408 e. The zero-order valence-corrected chi connectivity index (χ0v) is 16.4. The van der Waals surface area contributed by atoms with Gasteiger partial charge in [-0.25, -0.2) is 4.79 Å². The zero-order valence-electron chi connectivity index (χ0n) is 16.4. The van der Waals surface area contributed by atoms with Crippen LogP contribution in [0.2, 0.25) is 0 Å². The summed E-state index contributed by atoms with van der Waals surface area (Å²) in [7, 11) is 0. The predicted octanol–water partition coefficient (Wildman–Crippen LogP) is 4.30. The van der Waals surface area contributed by atoms with Gasteiger partial charge in [-0.3, -0.25) is 9.36 Å². The van der Waals surface area contributed by atoms with E-state index in [4.69, 9.17) is 4.42 Å². The molecule has 1 saturated carbocycles. The molecule has 1 amide bonds. The van der Waals surface area contributed by atoms with Gasteiger partial charge in [-0.2, -0.15) is 0 Å². The number of nitrogens with zero attached hydrogens (tertiary/aromatic N) is 2. The lowest BCUT2D eigenvalue weighted by Gasteiger charge is -2.23. The molecule has 0 atom stereocenters. The number of benzene rings is 2. The minimum atomic E-state index is -0.406. The van der Waals surface area contributed by atoms with E-state index in [-0.39, 0.29) is 5.91 Å². The summed E-state index contributed by atoms with van der Waals surface area (Å²) in [6.45, 7) is 5.32. The Kier molecular flexibility index (Phi) is 5.07. The maximum Gasteiger partial charge on any atom is 0.419 e. The Morgan fingerprint density at radius 3 is 2.54 bits per heavy atom. The van der Waals surface area contributed by atoms with Gasteiger partial charge in [-0.1, -0.05) is 50.2 Å².